The Kier molecular flexibility index (Phi) is 20.7. The fourth-order valence-corrected chi connectivity index (χ4v) is 26.5. The molecule has 600 valence electrons. The summed E-state index contributed by atoms with van der Waals surface area (Å²) in [4.78, 5) is 105. The van der Waals surface area contributed by atoms with Gasteiger partial charge in [-0.15, -0.1) is 0 Å². The Morgan fingerprint density at radius 2 is 0.750 bits per heavy atom. The number of anilines is 3. The molecule has 23 heteroatoms. The van der Waals surface area contributed by atoms with Crippen LogP contribution in [0.2, 0.25) is 0 Å². The normalized spacial score (nSPS) is 36.4. The van der Waals surface area contributed by atoms with E-state index in [1.807, 2.05) is 80.8 Å². The van der Waals surface area contributed by atoms with Gasteiger partial charge in [-0.3, -0.25) is 33.9 Å². The number of aromatic nitrogens is 6. The van der Waals surface area contributed by atoms with Crippen LogP contribution in [0.15, 0.2) is 87.2 Å². The average molecular weight is 1530 g/mol. The molecular weight excluding hydrogens is 1410 g/mol. The highest BCUT2D eigenvalue weighted by Crippen LogP contribution is 2.52. The molecule has 23 nitrogen and oxygen atoms in total. The highest BCUT2D eigenvalue weighted by Gasteiger charge is 2.52. The fraction of sp³-hybridized carbons (Fsp3) is 0.697. The summed E-state index contributed by atoms with van der Waals surface area (Å²) in [6, 6.07) is 27.1. The quantitative estimate of drug-likeness (QED) is 0.0916. The van der Waals surface area contributed by atoms with E-state index >= 15 is 0 Å². The van der Waals surface area contributed by atoms with E-state index in [1.54, 1.807) is 9.80 Å². The van der Waals surface area contributed by atoms with Crippen molar-refractivity contribution in [3.63, 3.8) is 0 Å². The summed E-state index contributed by atoms with van der Waals surface area (Å²) in [7, 11) is 0. The maximum Gasteiger partial charge on any atom is 0.326 e. The van der Waals surface area contributed by atoms with E-state index < -0.39 is 30.0 Å². The van der Waals surface area contributed by atoms with Crippen molar-refractivity contribution in [1.29, 1.82) is 0 Å². The second-order valence-corrected chi connectivity index (χ2v) is 38.0. The standard InChI is InChI=1S/C31H42N4O3.C30H40N4O4.C28H36N4O4/c1-19-9-20-11-21(10-19)13-25(12-20)34-23-5-4-6-24(34)16-26(15-23)35-28-8-3-2-7-27(28)32-30(31(35)38)33-17-22(18-33)14-29(36)37;1-2-18-9-19-11-20(10-18)13-21(12-19)33-23-14-22(15-24(33)17-38-16-23)34-26-6-4-3-5-25(26)31-28(29(34)35)32-8-7-27(32)30(36)37;33-27-26(30-9-8-25(30)28(34)35)29-23-6-1-2-7-24(23)32(27)20-13-21-15-36-16-22(14-20)31(21)19-11-17-4-3-5-18(10-17)12-19/h2-3,7-8,19-26H,4-6,9-18H2,1H3,(H,36,37);3-6,18-24,27H,2,7-17H2,1H3,(H,36,37);1-2,6-7,17-22,25H,3-5,8-16H2,(H,34,35)/t19?,20-,21+,23-,24+,25?,26?;18?,19-,20+,21?,22?,23-,24+,27-;17-,18+,19?,20?,21-,22+,25-/m.00/s1. The molecule has 3 aromatic heterocycles. The molecule has 0 spiro atoms. The predicted molar refractivity (Wildman–Crippen MR) is 430 cm³/mol. The monoisotopic (exact) mass is 1530 g/mol. The lowest BCUT2D eigenvalue weighted by molar-refractivity contribution is -0.141. The van der Waals surface area contributed by atoms with Crippen LogP contribution in [0.4, 0.5) is 17.5 Å². The highest BCUT2D eigenvalue weighted by molar-refractivity contribution is 5.83. The van der Waals surface area contributed by atoms with Crippen LogP contribution in [0.25, 0.3) is 33.1 Å². The topological polar surface area (TPSA) is 254 Å². The van der Waals surface area contributed by atoms with Gasteiger partial charge in [0.2, 0.25) is 0 Å². The van der Waals surface area contributed by atoms with Gasteiger partial charge in [-0.25, -0.2) is 24.5 Å². The maximum absolute atomic E-state index is 14.0. The number of carboxylic acid groups (broad SMARTS) is 3. The molecule has 15 fully saturated rings. The Hall–Kier alpha value is -7.31. The van der Waals surface area contributed by atoms with Gasteiger partial charge in [0.05, 0.1) is 65.9 Å². The van der Waals surface area contributed by atoms with Crippen LogP contribution in [0.1, 0.15) is 218 Å². The Balaban J connectivity index is 0.000000113. The van der Waals surface area contributed by atoms with Crippen molar-refractivity contribution in [3.8, 4) is 0 Å². The SMILES string of the molecule is CC1C[C@@H]2CC(N3[C@@H]4CCC[C@H]3CC(n3c(=O)c(N5CC(CC(=O)O)C5)nc5ccccc53)C4)C[C@H](C1)C2.CCC1C[C@@H]2CC(N3[C@@H]4COC[C@H]3CC(n3c(=O)c(N5CC[C@H]5C(=O)O)nc5ccccc53)C4)C[C@H](C1)C2.O=C(O)[C@@H]1CCN1c1nc2ccccc2n(C2C[C@H]3COC[C@@H](C2)N3C2C[C@H]3CCC[C@@H](C2)C3)c1=O. The van der Waals surface area contributed by atoms with Gasteiger partial charge >= 0.3 is 17.9 Å². The van der Waals surface area contributed by atoms with Crippen LogP contribution in [-0.2, 0) is 23.9 Å². The Labute approximate surface area is 656 Å². The van der Waals surface area contributed by atoms with Crippen molar-refractivity contribution in [3.05, 3.63) is 104 Å². The third-order valence-electron chi connectivity index (χ3n) is 30.9. The van der Waals surface area contributed by atoms with Crippen molar-refractivity contribution < 1.29 is 39.2 Å². The number of fused-ring (bicyclic) bond motifs is 15. The molecule has 0 amide bonds. The van der Waals surface area contributed by atoms with Crippen LogP contribution < -0.4 is 31.4 Å². The van der Waals surface area contributed by atoms with Gasteiger partial charge in [0.25, 0.3) is 16.7 Å². The van der Waals surface area contributed by atoms with Crippen molar-refractivity contribution in [1.82, 2.24) is 43.4 Å². The molecule has 112 heavy (non-hydrogen) atoms. The molecule has 8 unspecified atom stereocenters. The summed E-state index contributed by atoms with van der Waals surface area (Å²) in [6.07, 6.45) is 34.2. The van der Waals surface area contributed by atoms with E-state index in [-0.39, 0.29) is 58.8 Å². The van der Waals surface area contributed by atoms with Crippen molar-refractivity contribution in [2.45, 2.75) is 285 Å². The van der Waals surface area contributed by atoms with Crippen molar-refractivity contribution >= 4 is 68.5 Å². The molecule has 3 aromatic carbocycles. The third-order valence-corrected chi connectivity index (χ3v) is 30.9. The number of para-hydroxylation sites is 6. The first-order chi connectivity index (χ1) is 54.5. The molecular formula is C89H118N12O11. The van der Waals surface area contributed by atoms with Gasteiger partial charge in [-0.1, -0.05) is 82.3 Å². The van der Waals surface area contributed by atoms with Gasteiger partial charge in [0.15, 0.2) is 17.5 Å². The largest absolute Gasteiger partial charge is 0.481 e. The second kappa shape index (κ2) is 31.0. The minimum Gasteiger partial charge on any atom is -0.481 e. The van der Waals surface area contributed by atoms with Crippen molar-refractivity contribution in [2.75, 3.05) is 67.3 Å². The molecule has 6 aliphatic carbocycles. The Bertz CT molecular complexity index is 4610. The number of benzene rings is 3. The summed E-state index contributed by atoms with van der Waals surface area (Å²) in [5, 5.41) is 28.4. The van der Waals surface area contributed by atoms with Crippen LogP contribution >= 0.6 is 0 Å². The van der Waals surface area contributed by atoms with Gasteiger partial charge in [-0.05, 0) is 231 Å². The smallest absolute Gasteiger partial charge is 0.326 e. The molecule has 3 N–H and O–H groups in total. The van der Waals surface area contributed by atoms with Crippen molar-refractivity contribution in [2.24, 2.45) is 53.3 Å². The zero-order chi connectivity index (χ0) is 76.3. The number of hydrogen-bond acceptors (Lipinski definition) is 17. The molecule has 0 radical (unpaired) electrons. The molecule has 6 aromatic rings. The van der Waals surface area contributed by atoms with Gasteiger partial charge < -0.3 is 53.2 Å². The zero-order valence-corrected chi connectivity index (χ0v) is 65.8. The van der Waals surface area contributed by atoms with Gasteiger partial charge in [0.1, 0.15) is 12.1 Å². The first-order valence-electron chi connectivity index (χ1n) is 44.0. The van der Waals surface area contributed by atoms with E-state index in [9.17, 15) is 39.0 Å². The summed E-state index contributed by atoms with van der Waals surface area (Å²) >= 11 is 0. The summed E-state index contributed by atoms with van der Waals surface area (Å²) in [5.41, 5.74) is 4.74. The lowest BCUT2D eigenvalue weighted by Gasteiger charge is -2.56. The second-order valence-electron chi connectivity index (χ2n) is 38.0. The summed E-state index contributed by atoms with van der Waals surface area (Å²) in [6.45, 7) is 10.0. The van der Waals surface area contributed by atoms with E-state index in [0.717, 1.165) is 151 Å². The lowest BCUT2D eigenvalue weighted by Crippen LogP contribution is -2.62. The predicted octanol–water partition coefficient (Wildman–Crippen LogP) is 12.6. The highest BCUT2D eigenvalue weighted by atomic mass is 16.5. The molecule has 22 atom stereocenters. The number of hydrogen-bond donors (Lipinski definition) is 3. The first kappa shape index (κ1) is 74.8. The summed E-state index contributed by atoms with van der Waals surface area (Å²) < 4.78 is 18.2. The number of rotatable bonds is 14. The minimum absolute atomic E-state index is 0.00943. The van der Waals surface area contributed by atoms with Crippen LogP contribution in [0.3, 0.4) is 0 Å². The molecule has 9 saturated heterocycles. The molecule has 12 bridgehead atoms. The first-order valence-corrected chi connectivity index (χ1v) is 44.0. The summed E-state index contributed by atoms with van der Waals surface area (Å²) in [5.74, 6) is 5.77. The Morgan fingerprint density at radius 3 is 1.14 bits per heavy atom. The number of carboxylic acids is 3. The molecule has 6 saturated carbocycles. The Morgan fingerprint density at radius 1 is 0.393 bits per heavy atom. The lowest BCUT2D eigenvalue weighted by atomic mass is 9.65. The van der Waals surface area contributed by atoms with E-state index in [0.29, 0.717) is 93.2 Å². The number of morpholine rings is 2. The fourth-order valence-electron chi connectivity index (χ4n) is 26.5. The number of nitrogens with zero attached hydrogens (tertiary/aromatic N) is 12. The number of ether oxygens (including phenoxy) is 2. The number of carbonyl (C=O) groups is 3. The number of aliphatic carboxylic acids is 3. The maximum atomic E-state index is 14.0. The van der Waals surface area contributed by atoms with Gasteiger partial charge in [0, 0.05) is 105 Å². The van der Waals surface area contributed by atoms with Crippen LogP contribution in [0, 0.1) is 53.3 Å². The molecule has 21 rings (SSSR count). The molecule has 9 aliphatic heterocycles. The zero-order valence-electron chi connectivity index (χ0n) is 65.8. The minimum atomic E-state index is -0.889. The van der Waals surface area contributed by atoms with Crippen LogP contribution in [-0.4, -0.2) is 196 Å². The van der Waals surface area contributed by atoms with Gasteiger partial charge in [-0.2, -0.15) is 0 Å². The molecule has 15 aliphatic rings. The van der Waals surface area contributed by atoms with E-state index in [1.165, 1.54) is 128 Å². The average Bonchev–Trinajstić information content (AvgIpc) is 0.748. The number of piperidine rings is 4. The van der Waals surface area contributed by atoms with E-state index in [4.69, 9.17) is 19.6 Å². The van der Waals surface area contributed by atoms with Crippen LogP contribution in [0.5, 0.6) is 0 Å². The van der Waals surface area contributed by atoms with E-state index in [2.05, 4.69) is 49.1 Å². The third kappa shape index (κ3) is 14.2. The molecule has 12 heterocycles.